The van der Waals surface area contributed by atoms with E-state index < -0.39 is 0 Å². The van der Waals surface area contributed by atoms with Crippen molar-refractivity contribution in [3.05, 3.63) is 72.4 Å². The van der Waals surface area contributed by atoms with E-state index in [1.165, 1.54) is 0 Å². The number of aromatic nitrogens is 3. The van der Waals surface area contributed by atoms with E-state index in [4.69, 9.17) is 14.7 Å². The van der Waals surface area contributed by atoms with Gasteiger partial charge in [-0.05, 0) is 31.2 Å². The smallest absolute Gasteiger partial charge is 0.179 e. The van der Waals surface area contributed by atoms with E-state index in [2.05, 4.69) is 17.1 Å². The number of rotatable bonds is 3. The number of aryl methyl sites for hydroxylation is 1. The minimum absolute atomic E-state index is 0.614. The molecule has 2 aromatic carbocycles. The Morgan fingerprint density at radius 3 is 2.40 bits per heavy atom. The van der Waals surface area contributed by atoms with Gasteiger partial charge in [0, 0.05) is 22.7 Å². The normalized spacial score (nSPS) is 10.8. The van der Waals surface area contributed by atoms with E-state index in [9.17, 15) is 0 Å². The molecular formula is C21H17N3O. The van der Waals surface area contributed by atoms with Gasteiger partial charge in [-0.2, -0.15) is 0 Å². The van der Waals surface area contributed by atoms with Gasteiger partial charge in [-0.3, -0.25) is 0 Å². The molecule has 0 aliphatic rings. The highest BCUT2D eigenvalue weighted by atomic mass is 16.5. The van der Waals surface area contributed by atoms with Crippen molar-refractivity contribution in [3.8, 4) is 28.5 Å². The van der Waals surface area contributed by atoms with Crippen LogP contribution in [0, 0.1) is 6.92 Å². The molecule has 122 valence electrons. The topological polar surface area (TPSA) is 47.9 Å². The van der Waals surface area contributed by atoms with Crippen LogP contribution in [0.4, 0.5) is 0 Å². The maximum absolute atomic E-state index is 5.36. The minimum Gasteiger partial charge on any atom is -0.497 e. The van der Waals surface area contributed by atoms with Gasteiger partial charge in [0.25, 0.3) is 0 Å². The Morgan fingerprint density at radius 1 is 0.800 bits per heavy atom. The summed E-state index contributed by atoms with van der Waals surface area (Å²) in [6.07, 6.45) is 0. The number of hydrogen-bond acceptors (Lipinski definition) is 4. The molecular weight excluding hydrogens is 310 g/mol. The molecule has 2 heterocycles. The van der Waals surface area contributed by atoms with E-state index in [1.54, 1.807) is 7.11 Å². The SMILES string of the molecule is COc1ccc2c(-c3ccccc3)nc(-c3cccc(C)n3)nc2c1. The Hall–Kier alpha value is -3.27. The fraction of sp³-hybridized carbons (Fsp3) is 0.0952. The molecule has 0 aliphatic carbocycles. The van der Waals surface area contributed by atoms with E-state index in [-0.39, 0.29) is 0 Å². The van der Waals surface area contributed by atoms with Gasteiger partial charge in [0.2, 0.25) is 0 Å². The quantitative estimate of drug-likeness (QED) is 0.548. The van der Waals surface area contributed by atoms with Crippen molar-refractivity contribution in [2.24, 2.45) is 0 Å². The van der Waals surface area contributed by atoms with Crippen LogP contribution in [0.3, 0.4) is 0 Å². The van der Waals surface area contributed by atoms with Crippen LogP contribution in [0.5, 0.6) is 5.75 Å². The third-order valence-corrected chi connectivity index (χ3v) is 4.07. The van der Waals surface area contributed by atoms with Crippen LogP contribution in [0.15, 0.2) is 66.7 Å². The van der Waals surface area contributed by atoms with Crippen molar-refractivity contribution < 1.29 is 4.74 Å². The Labute approximate surface area is 146 Å². The highest BCUT2D eigenvalue weighted by Gasteiger charge is 2.13. The van der Waals surface area contributed by atoms with Crippen molar-refractivity contribution >= 4 is 10.9 Å². The van der Waals surface area contributed by atoms with Crippen molar-refractivity contribution in [1.82, 2.24) is 15.0 Å². The zero-order valence-corrected chi connectivity index (χ0v) is 14.1. The maximum atomic E-state index is 5.36. The largest absolute Gasteiger partial charge is 0.497 e. The minimum atomic E-state index is 0.614. The lowest BCUT2D eigenvalue weighted by molar-refractivity contribution is 0.415. The summed E-state index contributed by atoms with van der Waals surface area (Å²) in [7, 11) is 1.66. The first-order valence-corrected chi connectivity index (χ1v) is 8.10. The van der Waals surface area contributed by atoms with Gasteiger partial charge in [-0.25, -0.2) is 15.0 Å². The molecule has 0 atom stereocenters. The van der Waals surface area contributed by atoms with Crippen molar-refractivity contribution in [2.45, 2.75) is 6.92 Å². The van der Waals surface area contributed by atoms with Crippen molar-refractivity contribution in [1.29, 1.82) is 0 Å². The molecule has 0 amide bonds. The zero-order valence-electron chi connectivity index (χ0n) is 14.1. The monoisotopic (exact) mass is 327 g/mol. The number of pyridine rings is 1. The van der Waals surface area contributed by atoms with Gasteiger partial charge in [-0.15, -0.1) is 0 Å². The molecule has 0 aliphatic heterocycles. The number of fused-ring (bicyclic) bond motifs is 1. The van der Waals surface area contributed by atoms with Gasteiger partial charge < -0.3 is 4.74 Å². The lowest BCUT2D eigenvalue weighted by Crippen LogP contribution is -1.97. The third kappa shape index (κ3) is 2.94. The summed E-state index contributed by atoms with van der Waals surface area (Å²) in [6, 6.07) is 21.9. The lowest BCUT2D eigenvalue weighted by Gasteiger charge is -2.10. The van der Waals surface area contributed by atoms with Crippen LogP contribution in [-0.2, 0) is 0 Å². The molecule has 25 heavy (non-hydrogen) atoms. The summed E-state index contributed by atoms with van der Waals surface area (Å²) in [5, 5.41) is 0.989. The van der Waals surface area contributed by atoms with Gasteiger partial charge in [-0.1, -0.05) is 36.4 Å². The number of methoxy groups -OCH3 is 1. The van der Waals surface area contributed by atoms with Crippen LogP contribution in [0.2, 0.25) is 0 Å². The van der Waals surface area contributed by atoms with Gasteiger partial charge in [0.05, 0.1) is 18.3 Å². The molecule has 2 aromatic heterocycles. The molecule has 0 spiro atoms. The first-order valence-electron chi connectivity index (χ1n) is 8.10. The Morgan fingerprint density at radius 2 is 1.64 bits per heavy atom. The van der Waals surface area contributed by atoms with E-state index in [0.29, 0.717) is 5.82 Å². The average molecular weight is 327 g/mol. The summed E-state index contributed by atoms with van der Waals surface area (Å²) in [4.78, 5) is 14.1. The first kappa shape index (κ1) is 15.3. The predicted molar refractivity (Wildman–Crippen MR) is 99.5 cm³/mol. The van der Waals surface area contributed by atoms with Crippen LogP contribution < -0.4 is 4.74 Å². The Bertz CT molecular complexity index is 1050. The zero-order chi connectivity index (χ0) is 17.2. The van der Waals surface area contributed by atoms with Crippen LogP contribution in [0.25, 0.3) is 33.7 Å². The Balaban J connectivity index is 2.01. The standard InChI is InChI=1S/C21H17N3O/c1-14-7-6-10-18(22-14)21-23-19-13-16(25-2)11-12-17(19)20(24-21)15-8-4-3-5-9-15/h3-13H,1-2H3. The van der Waals surface area contributed by atoms with E-state index in [0.717, 1.165) is 39.3 Å². The second-order valence-corrected chi connectivity index (χ2v) is 5.81. The molecule has 0 radical (unpaired) electrons. The summed E-state index contributed by atoms with van der Waals surface area (Å²) < 4.78 is 5.36. The third-order valence-electron chi connectivity index (χ3n) is 4.07. The molecule has 0 unspecified atom stereocenters. The molecule has 4 nitrogen and oxygen atoms in total. The molecule has 0 fully saturated rings. The molecule has 0 saturated heterocycles. The van der Waals surface area contributed by atoms with Crippen LogP contribution in [0.1, 0.15) is 5.69 Å². The maximum Gasteiger partial charge on any atom is 0.179 e. The molecule has 4 heteroatoms. The summed E-state index contributed by atoms with van der Waals surface area (Å²) in [5.41, 5.74) is 4.49. The highest BCUT2D eigenvalue weighted by molar-refractivity contribution is 5.94. The van der Waals surface area contributed by atoms with Crippen LogP contribution >= 0.6 is 0 Å². The summed E-state index contributed by atoms with van der Waals surface area (Å²) >= 11 is 0. The summed E-state index contributed by atoms with van der Waals surface area (Å²) in [6.45, 7) is 1.96. The first-order chi connectivity index (χ1) is 12.2. The second-order valence-electron chi connectivity index (χ2n) is 5.81. The van der Waals surface area contributed by atoms with E-state index >= 15 is 0 Å². The lowest BCUT2D eigenvalue weighted by atomic mass is 10.1. The fourth-order valence-corrected chi connectivity index (χ4v) is 2.83. The highest BCUT2D eigenvalue weighted by Crippen LogP contribution is 2.30. The average Bonchev–Trinajstić information content (AvgIpc) is 2.67. The van der Waals surface area contributed by atoms with Crippen LogP contribution in [-0.4, -0.2) is 22.1 Å². The number of nitrogens with zero attached hydrogens (tertiary/aromatic N) is 3. The molecule has 0 saturated carbocycles. The fourth-order valence-electron chi connectivity index (χ4n) is 2.83. The molecule has 0 N–H and O–H groups in total. The number of benzene rings is 2. The Kier molecular flexibility index (Phi) is 3.86. The van der Waals surface area contributed by atoms with Gasteiger partial charge >= 0.3 is 0 Å². The molecule has 4 rings (SSSR count). The van der Waals surface area contributed by atoms with Gasteiger partial charge in [0.1, 0.15) is 11.4 Å². The number of ether oxygens (including phenoxy) is 1. The predicted octanol–water partition coefficient (Wildman–Crippen LogP) is 4.68. The second kappa shape index (κ2) is 6.32. The van der Waals surface area contributed by atoms with E-state index in [1.807, 2.05) is 61.5 Å². The molecule has 4 aromatic rings. The summed E-state index contributed by atoms with van der Waals surface area (Å²) in [5.74, 6) is 1.39. The van der Waals surface area contributed by atoms with Crippen molar-refractivity contribution in [3.63, 3.8) is 0 Å². The van der Waals surface area contributed by atoms with Gasteiger partial charge in [0.15, 0.2) is 5.82 Å². The van der Waals surface area contributed by atoms with Crippen molar-refractivity contribution in [2.75, 3.05) is 7.11 Å². The number of hydrogen-bond donors (Lipinski definition) is 0. The molecule has 0 bridgehead atoms.